The molecule has 1 unspecified atom stereocenters. The van der Waals surface area contributed by atoms with E-state index < -0.39 is 0 Å². The molecule has 0 radical (unpaired) electrons. The van der Waals surface area contributed by atoms with Crippen LogP contribution in [0.3, 0.4) is 0 Å². The van der Waals surface area contributed by atoms with E-state index in [4.69, 9.17) is 0 Å². The predicted octanol–water partition coefficient (Wildman–Crippen LogP) is 5.39. The molecule has 35 heavy (non-hydrogen) atoms. The number of anilines is 1. The van der Waals surface area contributed by atoms with Gasteiger partial charge in [0.1, 0.15) is 0 Å². The zero-order chi connectivity index (χ0) is 24.1. The molecule has 1 aromatic heterocycles. The molecule has 182 valence electrons. The van der Waals surface area contributed by atoms with E-state index in [1.165, 1.54) is 24.8 Å². The number of hydrogen-bond donors (Lipinski definition) is 3. The largest absolute Gasteiger partial charge is 0.347 e. The van der Waals surface area contributed by atoms with Gasteiger partial charge in [-0.1, -0.05) is 42.5 Å². The average Bonchev–Trinajstić information content (AvgIpc) is 3.37. The lowest BCUT2D eigenvalue weighted by molar-refractivity contribution is -0.0327. The molecule has 3 amide bonds. The minimum Gasteiger partial charge on any atom is -0.347 e. The molecule has 2 heterocycles. The normalized spacial score (nSPS) is 19.0. The molecule has 1 aliphatic heterocycles. The maximum Gasteiger partial charge on any atom is 0.319 e. The first kappa shape index (κ1) is 23.6. The van der Waals surface area contributed by atoms with Gasteiger partial charge in [-0.25, -0.2) is 4.79 Å². The summed E-state index contributed by atoms with van der Waals surface area (Å²) in [6.07, 6.45) is 5.57. The second-order valence-electron chi connectivity index (χ2n) is 9.62. The molecule has 1 atom stereocenters. The number of carbonyl (C=O) groups is 2. The lowest BCUT2D eigenvalue weighted by atomic mass is 9.68. The van der Waals surface area contributed by atoms with Gasteiger partial charge in [0.05, 0.1) is 6.54 Å². The van der Waals surface area contributed by atoms with Crippen molar-refractivity contribution in [3.8, 4) is 0 Å². The van der Waals surface area contributed by atoms with Crippen molar-refractivity contribution in [3.63, 3.8) is 0 Å². The second-order valence-corrected chi connectivity index (χ2v) is 10.6. The molecular weight excluding hydrogens is 456 g/mol. The third kappa shape index (κ3) is 5.74. The third-order valence-electron chi connectivity index (χ3n) is 7.27. The standard InChI is InChI=1S/C28H32N4O2S/c33-26(29-19-25-11-5-16-35-25)22-9-4-10-23(17-22)30-27(34)31-24-12-15-32(28(18-24)13-6-14-28)20-21-7-2-1-3-8-21/h1-5,7-11,16-17,24H,6,12-15,18-20H2,(H,29,33)(H2,30,31,34). The quantitative estimate of drug-likeness (QED) is 0.418. The van der Waals surface area contributed by atoms with E-state index in [0.29, 0.717) is 17.8 Å². The van der Waals surface area contributed by atoms with E-state index in [1.54, 1.807) is 29.5 Å². The van der Waals surface area contributed by atoms with E-state index in [-0.39, 0.29) is 23.5 Å². The van der Waals surface area contributed by atoms with Crippen LogP contribution in [-0.2, 0) is 13.1 Å². The van der Waals surface area contributed by atoms with E-state index in [0.717, 1.165) is 30.8 Å². The monoisotopic (exact) mass is 488 g/mol. The van der Waals surface area contributed by atoms with Gasteiger partial charge in [0.2, 0.25) is 0 Å². The van der Waals surface area contributed by atoms with Crippen molar-refractivity contribution in [2.45, 2.75) is 56.8 Å². The Hall–Kier alpha value is -3.16. The number of likely N-dealkylation sites (tertiary alicyclic amines) is 1. The summed E-state index contributed by atoms with van der Waals surface area (Å²) < 4.78 is 0. The maximum absolute atomic E-state index is 12.8. The molecule has 2 aromatic carbocycles. The van der Waals surface area contributed by atoms with Crippen LogP contribution in [0.4, 0.5) is 10.5 Å². The fourth-order valence-corrected chi connectivity index (χ4v) is 5.94. The Kier molecular flexibility index (Phi) is 7.16. The van der Waals surface area contributed by atoms with Crippen molar-refractivity contribution < 1.29 is 9.59 Å². The van der Waals surface area contributed by atoms with E-state index in [2.05, 4.69) is 51.2 Å². The Bertz CT molecular complexity index is 1140. The second kappa shape index (κ2) is 10.6. The summed E-state index contributed by atoms with van der Waals surface area (Å²) in [4.78, 5) is 29.1. The highest BCUT2D eigenvalue weighted by Crippen LogP contribution is 2.45. The van der Waals surface area contributed by atoms with Gasteiger partial charge in [0.25, 0.3) is 5.91 Å². The number of rotatable bonds is 7. The number of nitrogens with one attached hydrogen (secondary N) is 3. The number of benzene rings is 2. The first-order valence-corrected chi connectivity index (χ1v) is 13.2. The number of amides is 3. The third-order valence-corrected chi connectivity index (χ3v) is 8.14. The van der Waals surface area contributed by atoms with Gasteiger partial charge in [0.15, 0.2) is 0 Å². The smallest absolute Gasteiger partial charge is 0.319 e. The molecule has 6 nitrogen and oxygen atoms in total. The first-order valence-electron chi connectivity index (χ1n) is 12.4. The molecule has 1 aliphatic carbocycles. The highest BCUT2D eigenvalue weighted by atomic mass is 32.1. The van der Waals surface area contributed by atoms with Gasteiger partial charge in [-0.3, -0.25) is 9.69 Å². The van der Waals surface area contributed by atoms with Gasteiger partial charge in [-0.2, -0.15) is 0 Å². The van der Waals surface area contributed by atoms with Crippen molar-refractivity contribution in [1.82, 2.24) is 15.5 Å². The van der Waals surface area contributed by atoms with Crippen LogP contribution < -0.4 is 16.0 Å². The number of hydrogen-bond acceptors (Lipinski definition) is 4. The summed E-state index contributed by atoms with van der Waals surface area (Å²) in [5.74, 6) is -0.153. The molecule has 2 aliphatic rings. The number of thiophene rings is 1. The van der Waals surface area contributed by atoms with Gasteiger partial charge >= 0.3 is 6.03 Å². The molecule has 3 aromatic rings. The van der Waals surface area contributed by atoms with Crippen LogP contribution in [0.1, 0.15) is 52.9 Å². The van der Waals surface area contributed by atoms with Crippen LogP contribution >= 0.6 is 11.3 Å². The Balaban J connectivity index is 1.14. The summed E-state index contributed by atoms with van der Waals surface area (Å²) in [5, 5.41) is 11.0. The molecule has 1 spiro atoms. The predicted molar refractivity (Wildman–Crippen MR) is 141 cm³/mol. The Morgan fingerprint density at radius 2 is 1.89 bits per heavy atom. The topological polar surface area (TPSA) is 73.5 Å². The van der Waals surface area contributed by atoms with E-state index >= 15 is 0 Å². The van der Waals surface area contributed by atoms with Crippen molar-refractivity contribution in [1.29, 1.82) is 0 Å². The lowest BCUT2D eigenvalue weighted by Crippen LogP contribution is -2.61. The van der Waals surface area contributed by atoms with Crippen LogP contribution in [0.15, 0.2) is 72.1 Å². The Morgan fingerprint density at radius 1 is 1.03 bits per heavy atom. The molecule has 0 bridgehead atoms. The molecule has 2 fully saturated rings. The highest BCUT2D eigenvalue weighted by Gasteiger charge is 2.46. The van der Waals surface area contributed by atoms with Gasteiger partial charge in [-0.05, 0) is 67.3 Å². The number of urea groups is 1. The summed E-state index contributed by atoms with van der Waals surface area (Å²) in [7, 11) is 0. The summed E-state index contributed by atoms with van der Waals surface area (Å²) in [6, 6.07) is 21.6. The van der Waals surface area contributed by atoms with Crippen LogP contribution in [0, 0.1) is 0 Å². The zero-order valence-corrected chi connectivity index (χ0v) is 20.7. The van der Waals surface area contributed by atoms with Gasteiger partial charge < -0.3 is 16.0 Å². The highest BCUT2D eigenvalue weighted by molar-refractivity contribution is 7.09. The van der Waals surface area contributed by atoms with Crippen molar-refractivity contribution in [2.24, 2.45) is 0 Å². The van der Waals surface area contributed by atoms with Gasteiger partial charge in [0, 0.05) is 40.8 Å². The number of carbonyl (C=O) groups excluding carboxylic acids is 2. The van der Waals surface area contributed by atoms with Crippen LogP contribution in [-0.4, -0.2) is 35.0 Å². The first-order chi connectivity index (χ1) is 17.1. The summed E-state index contributed by atoms with van der Waals surface area (Å²) in [6.45, 7) is 2.46. The fraction of sp³-hybridized carbons (Fsp3) is 0.357. The molecule has 3 N–H and O–H groups in total. The van der Waals surface area contributed by atoms with E-state index in [1.807, 2.05) is 23.6 Å². The van der Waals surface area contributed by atoms with E-state index in [9.17, 15) is 9.59 Å². The minimum absolute atomic E-state index is 0.152. The van der Waals surface area contributed by atoms with Crippen molar-refractivity contribution >= 4 is 29.0 Å². The summed E-state index contributed by atoms with van der Waals surface area (Å²) >= 11 is 1.61. The SMILES string of the molecule is O=C(Nc1cccc(C(=O)NCc2cccs2)c1)NC1CCN(Cc2ccccc2)C2(CCC2)C1. The zero-order valence-electron chi connectivity index (χ0n) is 19.8. The minimum atomic E-state index is -0.211. The van der Waals surface area contributed by atoms with Crippen LogP contribution in [0.25, 0.3) is 0 Å². The molecular formula is C28H32N4O2S. The molecule has 5 rings (SSSR count). The summed E-state index contributed by atoms with van der Waals surface area (Å²) in [5.41, 5.74) is 2.70. The lowest BCUT2D eigenvalue weighted by Gasteiger charge is -2.55. The fourth-order valence-electron chi connectivity index (χ4n) is 5.29. The number of piperidine rings is 1. The van der Waals surface area contributed by atoms with Gasteiger partial charge in [-0.15, -0.1) is 11.3 Å². The molecule has 1 saturated heterocycles. The molecule has 7 heteroatoms. The maximum atomic E-state index is 12.8. The molecule has 1 saturated carbocycles. The van der Waals surface area contributed by atoms with Crippen LogP contribution in [0.5, 0.6) is 0 Å². The Labute approximate surface area is 210 Å². The van der Waals surface area contributed by atoms with Crippen LogP contribution in [0.2, 0.25) is 0 Å². The van der Waals surface area contributed by atoms with Crippen molar-refractivity contribution in [2.75, 3.05) is 11.9 Å². The van der Waals surface area contributed by atoms with Crippen molar-refractivity contribution in [3.05, 3.63) is 88.1 Å². The Morgan fingerprint density at radius 3 is 2.63 bits per heavy atom. The number of nitrogens with zero attached hydrogens (tertiary/aromatic N) is 1. The average molecular weight is 489 g/mol.